The Labute approximate surface area is 171 Å². The highest BCUT2D eigenvalue weighted by atomic mass is 127. The second-order valence-electron chi connectivity index (χ2n) is 5.44. The van der Waals surface area contributed by atoms with E-state index in [1.54, 1.807) is 48.5 Å². The number of hydrogen-bond donors (Lipinski definition) is 2. The molecule has 5 nitrogen and oxygen atoms in total. The van der Waals surface area contributed by atoms with Gasteiger partial charge in [-0.3, -0.25) is 14.4 Å². The summed E-state index contributed by atoms with van der Waals surface area (Å²) in [5.41, 5.74) is 1.89. The lowest BCUT2D eigenvalue weighted by Gasteiger charge is -2.09. The Balaban J connectivity index is 2.23. The Morgan fingerprint density at radius 3 is 2.22 bits per heavy atom. The lowest BCUT2D eigenvalue weighted by molar-refractivity contribution is -0.122. The van der Waals surface area contributed by atoms with Crippen LogP contribution in [-0.4, -0.2) is 28.6 Å². The fourth-order valence-electron chi connectivity index (χ4n) is 2.22. The van der Waals surface area contributed by atoms with Crippen molar-refractivity contribution in [3.8, 4) is 12.3 Å². The van der Waals surface area contributed by atoms with Gasteiger partial charge in [-0.2, -0.15) is 0 Å². The molecule has 0 aliphatic heterocycles. The summed E-state index contributed by atoms with van der Waals surface area (Å²) in [6.07, 6.45) is 6.68. The zero-order valence-corrected chi connectivity index (χ0v) is 16.5. The summed E-state index contributed by atoms with van der Waals surface area (Å²) < 4.78 is 0.210. The molecule has 0 aliphatic rings. The second kappa shape index (κ2) is 10.3. The third kappa shape index (κ3) is 6.08. The van der Waals surface area contributed by atoms with Gasteiger partial charge in [-0.1, -0.05) is 83.1 Å². The number of amides is 2. The molecule has 0 unspecified atom stereocenters. The highest BCUT2D eigenvalue weighted by Crippen LogP contribution is 2.13. The van der Waals surface area contributed by atoms with E-state index in [0.717, 1.165) is 0 Å². The van der Waals surface area contributed by atoms with Crippen LogP contribution in [0.1, 0.15) is 21.5 Å². The zero-order valence-electron chi connectivity index (χ0n) is 14.4. The largest absolute Gasteiger partial charge is 0.340 e. The average Bonchev–Trinajstić information content (AvgIpc) is 2.72. The van der Waals surface area contributed by atoms with Gasteiger partial charge in [0.1, 0.15) is 5.70 Å². The van der Waals surface area contributed by atoms with E-state index in [2.05, 4.69) is 16.6 Å². The molecule has 0 aliphatic carbocycles. The molecule has 136 valence electrons. The third-order valence-electron chi connectivity index (χ3n) is 3.51. The standard InChI is InChI=1S/C21H17IN2O3/c1-2-12-23-21(27)18(24-19(25)14-22)13-15-8-10-17(11-9-15)20(26)16-6-4-3-5-7-16/h1,3-11,13H,12,14H2,(H,23,27)(H,24,25). The average molecular weight is 472 g/mol. The van der Waals surface area contributed by atoms with Gasteiger partial charge < -0.3 is 10.6 Å². The second-order valence-corrected chi connectivity index (χ2v) is 6.21. The molecule has 6 heteroatoms. The lowest BCUT2D eigenvalue weighted by Crippen LogP contribution is -2.35. The van der Waals surface area contributed by atoms with Crippen molar-refractivity contribution in [3.63, 3.8) is 0 Å². The molecule has 2 N–H and O–H groups in total. The van der Waals surface area contributed by atoms with Crippen LogP contribution in [0.4, 0.5) is 0 Å². The molecule has 0 atom stereocenters. The smallest absolute Gasteiger partial charge is 0.268 e. The number of nitrogens with one attached hydrogen (secondary N) is 2. The molecular formula is C21H17IN2O3. The van der Waals surface area contributed by atoms with Crippen molar-refractivity contribution in [1.29, 1.82) is 0 Å². The van der Waals surface area contributed by atoms with Crippen LogP contribution < -0.4 is 10.6 Å². The Kier molecular flexibility index (Phi) is 7.77. The lowest BCUT2D eigenvalue weighted by atomic mass is 10.0. The SMILES string of the molecule is C#CCNC(=O)C(=Cc1ccc(C(=O)c2ccccc2)cc1)NC(=O)CI. The van der Waals surface area contributed by atoms with Gasteiger partial charge in [-0.05, 0) is 11.6 Å². The Morgan fingerprint density at radius 2 is 1.63 bits per heavy atom. The molecule has 0 radical (unpaired) electrons. The predicted molar refractivity (Wildman–Crippen MR) is 113 cm³/mol. The summed E-state index contributed by atoms with van der Waals surface area (Å²) in [7, 11) is 0. The van der Waals surface area contributed by atoms with Crippen LogP contribution in [0, 0.1) is 12.3 Å². The third-order valence-corrected chi connectivity index (χ3v) is 4.20. The number of hydrogen-bond acceptors (Lipinski definition) is 3. The molecule has 0 fully saturated rings. The molecule has 0 bridgehead atoms. The molecule has 2 rings (SSSR count). The van der Waals surface area contributed by atoms with E-state index in [9.17, 15) is 14.4 Å². The molecule has 0 saturated heterocycles. The number of alkyl halides is 1. The minimum absolute atomic E-state index is 0.0563. The van der Waals surface area contributed by atoms with Gasteiger partial charge in [0.25, 0.3) is 5.91 Å². The van der Waals surface area contributed by atoms with Crippen LogP contribution in [0.25, 0.3) is 6.08 Å². The van der Waals surface area contributed by atoms with Gasteiger partial charge in [0.15, 0.2) is 5.78 Å². The van der Waals surface area contributed by atoms with Gasteiger partial charge in [-0.15, -0.1) is 6.42 Å². The van der Waals surface area contributed by atoms with Crippen LogP contribution in [0.5, 0.6) is 0 Å². The summed E-state index contributed by atoms with van der Waals surface area (Å²) >= 11 is 1.91. The molecule has 0 saturated carbocycles. The summed E-state index contributed by atoms with van der Waals surface area (Å²) in [6, 6.07) is 15.7. The van der Waals surface area contributed by atoms with Crippen LogP contribution in [0.2, 0.25) is 0 Å². The number of carbonyl (C=O) groups excluding carboxylic acids is 3. The van der Waals surface area contributed by atoms with Crippen LogP contribution in [0.15, 0.2) is 60.3 Å². The molecule has 2 aromatic rings. The normalized spacial score (nSPS) is 10.6. The highest BCUT2D eigenvalue weighted by molar-refractivity contribution is 14.1. The molecule has 27 heavy (non-hydrogen) atoms. The number of ketones is 1. The number of rotatable bonds is 7. The van der Waals surface area contributed by atoms with Crippen molar-refractivity contribution in [3.05, 3.63) is 77.0 Å². The van der Waals surface area contributed by atoms with Crippen molar-refractivity contribution in [2.24, 2.45) is 0 Å². The van der Waals surface area contributed by atoms with E-state index in [4.69, 9.17) is 6.42 Å². The number of benzene rings is 2. The molecule has 0 spiro atoms. The van der Waals surface area contributed by atoms with Crippen molar-refractivity contribution >= 4 is 46.3 Å². The number of carbonyl (C=O) groups is 3. The van der Waals surface area contributed by atoms with Crippen molar-refractivity contribution < 1.29 is 14.4 Å². The van der Waals surface area contributed by atoms with Gasteiger partial charge in [-0.25, -0.2) is 0 Å². The van der Waals surface area contributed by atoms with E-state index in [1.165, 1.54) is 6.08 Å². The zero-order chi connectivity index (χ0) is 19.6. The summed E-state index contributed by atoms with van der Waals surface area (Å²) in [5, 5.41) is 5.07. The van der Waals surface area contributed by atoms with E-state index >= 15 is 0 Å². The maximum absolute atomic E-state index is 12.4. The minimum Gasteiger partial charge on any atom is -0.340 e. The summed E-state index contributed by atoms with van der Waals surface area (Å²) in [5.74, 6) is 1.45. The predicted octanol–water partition coefficient (Wildman–Crippen LogP) is 2.56. The maximum Gasteiger partial charge on any atom is 0.268 e. The topological polar surface area (TPSA) is 75.3 Å². The Morgan fingerprint density at radius 1 is 1.00 bits per heavy atom. The van der Waals surface area contributed by atoms with Crippen LogP contribution in [-0.2, 0) is 9.59 Å². The van der Waals surface area contributed by atoms with E-state index in [0.29, 0.717) is 16.7 Å². The first-order chi connectivity index (χ1) is 13.0. The van der Waals surface area contributed by atoms with E-state index in [-0.39, 0.29) is 28.4 Å². The van der Waals surface area contributed by atoms with Gasteiger partial charge in [0.05, 0.1) is 11.0 Å². The fraction of sp³-hybridized carbons (Fsp3) is 0.0952. The minimum atomic E-state index is -0.476. The van der Waals surface area contributed by atoms with Gasteiger partial charge >= 0.3 is 0 Å². The van der Waals surface area contributed by atoms with Crippen molar-refractivity contribution in [2.75, 3.05) is 11.0 Å². The first-order valence-corrected chi connectivity index (χ1v) is 9.56. The number of halogens is 1. The maximum atomic E-state index is 12.4. The quantitative estimate of drug-likeness (QED) is 0.214. The summed E-state index contributed by atoms with van der Waals surface area (Å²) in [6.45, 7) is 0.0563. The van der Waals surface area contributed by atoms with E-state index in [1.807, 2.05) is 28.7 Å². The van der Waals surface area contributed by atoms with Crippen LogP contribution >= 0.6 is 22.6 Å². The van der Waals surface area contributed by atoms with Crippen molar-refractivity contribution in [1.82, 2.24) is 10.6 Å². The summed E-state index contributed by atoms with van der Waals surface area (Å²) in [4.78, 5) is 36.3. The monoisotopic (exact) mass is 472 g/mol. The van der Waals surface area contributed by atoms with Gasteiger partial charge in [0, 0.05) is 11.1 Å². The Bertz CT molecular complexity index is 897. The first kappa shape index (κ1) is 20.4. The fourth-order valence-corrected chi connectivity index (χ4v) is 2.41. The molecule has 0 aromatic heterocycles. The first-order valence-electron chi connectivity index (χ1n) is 8.04. The molecular weight excluding hydrogens is 455 g/mol. The van der Waals surface area contributed by atoms with Crippen molar-refractivity contribution in [2.45, 2.75) is 0 Å². The van der Waals surface area contributed by atoms with Gasteiger partial charge in [0.2, 0.25) is 5.91 Å². The van der Waals surface area contributed by atoms with E-state index < -0.39 is 5.91 Å². The van der Waals surface area contributed by atoms with Crippen LogP contribution in [0.3, 0.4) is 0 Å². The number of terminal acetylenes is 1. The molecule has 2 aromatic carbocycles. The molecule has 0 heterocycles. The molecule has 2 amide bonds. The highest BCUT2D eigenvalue weighted by Gasteiger charge is 2.12. The Hall–Kier alpha value is -2.92.